The summed E-state index contributed by atoms with van der Waals surface area (Å²) in [6.45, 7) is 2.19. The molecule has 0 aromatic heterocycles. The lowest BCUT2D eigenvalue weighted by Crippen LogP contribution is -2.11. The van der Waals surface area contributed by atoms with Crippen LogP contribution in [-0.2, 0) is 9.53 Å². The summed E-state index contributed by atoms with van der Waals surface area (Å²) in [7, 11) is 1.36. The molecule has 1 aromatic carbocycles. The molecule has 0 aliphatic rings. The summed E-state index contributed by atoms with van der Waals surface area (Å²) in [5.74, 6) is 0.444. The Morgan fingerprint density at radius 3 is 2.75 bits per heavy atom. The van der Waals surface area contributed by atoms with Crippen molar-refractivity contribution in [3.05, 3.63) is 29.8 Å². The molecule has 0 fully saturated rings. The van der Waals surface area contributed by atoms with Gasteiger partial charge in [-0.3, -0.25) is 4.79 Å². The first-order chi connectivity index (χ1) is 7.65. The number of carbonyl (C=O) groups is 1. The van der Waals surface area contributed by atoms with Crippen LogP contribution in [0.1, 0.15) is 24.9 Å². The molecule has 1 aromatic rings. The van der Waals surface area contributed by atoms with Crippen molar-refractivity contribution in [3.8, 4) is 5.75 Å². The van der Waals surface area contributed by atoms with E-state index in [1.165, 1.54) is 7.11 Å². The molecule has 0 bridgehead atoms. The van der Waals surface area contributed by atoms with E-state index < -0.39 is 0 Å². The largest absolute Gasteiger partial charge is 0.493 e. The molecule has 1 atom stereocenters. The quantitative estimate of drug-likeness (QED) is 0.771. The second-order valence-corrected chi connectivity index (χ2v) is 3.50. The van der Waals surface area contributed by atoms with Crippen molar-refractivity contribution in [2.24, 2.45) is 5.73 Å². The minimum absolute atomic E-state index is 0.0886. The number of hydrogen-bond donors (Lipinski definition) is 1. The van der Waals surface area contributed by atoms with Gasteiger partial charge in [-0.2, -0.15) is 0 Å². The van der Waals surface area contributed by atoms with Crippen molar-refractivity contribution in [3.63, 3.8) is 0 Å². The fourth-order valence-electron chi connectivity index (χ4n) is 1.33. The highest BCUT2D eigenvalue weighted by Crippen LogP contribution is 2.23. The molecule has 2 N–H and O–H groups in total. The third-order valence-electron chi connectivity index (χ3n) is 2.20. The summed E-state index contributed by atoms with van der Waals surface area (Å²) in [6, 6.07) is 7.45. The Morgan fingerprint density at radius 2 is 2.12 bits per heavy atom. The fourth-order valence-corrected chi connectivity index (χ4v) is 1.33. The number of ether oxygens (including phenoxy) is 2. The molecule has 0 unspecified atom stereocenters. The second-order valence-electron chi connectivity index (χ2n) is 3.50. The molecule has 4 nitrogen and oxygen atoms in total. The molecule has 0 radical (unpaired) electrons. The minimum Gasteiger partial charge on any atom is -0.493 e. The maximum Gasteiger partial charge on any atom is 0.308 e. The molecule has 16 heavy (non-hydrogen) atoms. The number of carbonyl (C=O) groups excluding carboxylic acids is 1. The zero-order chi connectivity index (χ0) is 12.0. The first kappa shape index (κ1) is 12.5. The van der Waals surface area contributed by atoms with E-state index in [0.29, 0.717) is 6.61 Å². The third kappa shape index (κ3) is 3.55. The predicted molar refractivity (Wildman–Crippen MR) is 61.2 cm³/mol. The lowest BCUT2D eigenvalue weighted by atomic mass is 10.1. The lowest BCUT2D eigenvalue weighted by molar-refractivity contribution is -0.141. The van der Waals surface area contributed by atoms with Crippen LogP contribution in [0.4, 0.5) is 0 Å². The van der Waals surface area contributed by atoms with E-state index in [1.54, 1.807) is 0 Å². The fraction of sp³-hybridized carbons (Fsp3) is 0.417. The molecule has 0 aliphatic heterocycles. The van der Waals surface area contributed by atoms with Gasteiger partial charge in [-0.15, -0.1) is 0 Å². The number of hydrogen-bond acceptors (Lipinski definition) is 4. The summed E-state index contributed by atoms with van der Waals surface area (Å²) in [4.78, 5) is 10.9. The molecule has 0 heterocycles. The summed E-state index contributed by atoms with van der Waals surface area (Å²) in [5, 5.41) is 0. The Labute approximate surface area is 95.3 Å². The molecular weight excluding hydrogens is 206 g/mol. The zero-order valence-corrected chi connectivity index (χ0v) is 9.60. The number of rotatable bonds is 5. The summed E-state index contributed by atoms with van der Waals surface area (Å²) in [6.07, 6.45) is 0.240. The first-order valence-corrected chi connectivity index (χ1v) is 5.19. The van der Waals surface area contributed by atoms with Gasteiger partial charge in [-0.05, 0) is 13.0 Å². The number of methoxy groups -OCH3 is 1. The SMILES string of the molecule is COC(=O)CCOc1ccccc1[C@H](C)N. The molecular formula is C12H17NO3. The summed E-state index contributed by atoms with van der Waals surface area (Å²) < 4.78 is 10.0. The van der Waals surface area contributed by atoms with Crippen LogP contribution >= 0.6 is 0 Å². The van der Waals surface area contributed by atoms with Crippen LogP contribution in [0.25, 0.3) is 0 Å². The number of para-hydroxylation sites is 1. The van der Waals surface area contributed by atoms with Crippen LogP contribution in [-0.4, -0.2) is 19.7 Å². The van der Waals surface area contributed by atoms with E-state index >= 15 is 0 Å². The standard InChI is InChI=1S/C12H17NO3/c1-9(13)10-5-3-4-6-11(10)16-8-7-12(14)15-2/h3-6,9H,7-8,13H2,1-2H3/t9-/m0/s1. The molecule has 4 heteroatoms. The van der Waals surface area contributed by atoms with E-state index in [1.807, 2.05) is 31.2 Å². The third-order valence-corrected chi connectivity index (χ3v) is 2.20. The second kappa shape index (κ2) is 6.12. The maximum absolute atomic E-state index is 10.9. The van der Waals surface area contributed by atoms with Crippen LogP contribution in [0.3, 0.4) is 0 Å². The van der Waals surface area contributed by atoms with Crippen molar-refractivity contribution in [1.82, 2.24) is 0 Å². The van der Waals surface area contributed by atoms with Gasteiger partial charge in [0.05, 0.1) is 20.1 Å². The number of benzene rings is 1. The highest BCUT2D eigenvalue weighted by atomic mass is 16.5. The van der Waals surface area contributed by atoms with Crippen LogP contribution < -0.4 is 10.5 Å². The van der Waals surface area contributed by atoms with Crippen LogP contribution in [0.15, 0.2) is 24.3 Å². The van der Waals surface area contributed by atoms with Crippen molar-refractivity contribution >= 4 is 5.97 Å². The van der Waals surface area contributed by atoms with Gasteiger partial charge in [0.1, 0.15) is 5.75 Å². The average Bonchev–Trinajstić information content (AvgIpc) is 2.29. The Balaban J connectivity index is 2.56. The normalized spacial score (nSPS) is 11.9. The average molecular weight is 223 g/mol. The van der Waals surface area contributed by atoms with E-state index in [-0.39, 0.29) is 18.4 Å². The zero-order valence-electron chi connectivity index (χ0n) is 9.60. The highest BCUT2D eigenvalue weighted by Gasteiger charge is 2.07. The molecule has 0 spiro atoms. The lowest BCUT2D eigenvalue weighted by Gasteiger charge is -2.13. The Kier molecular flexibility index (Phi) is 4.79. The maximum atomic E-state index is 10.9. The molecule has 0 amide bonds. The number of nitrogens with two attached hydrogens (primary N) is 1. The van der Waals surface area contributed by atoms with E-state index in [2.05, 4.69) is 4.74 Å². The highest BCUT2D eigenvalue weighted by molar-refractivity contribution is 5.69. The van der Waals surface area contributed by atoms with Gasteiger partial charge in [0, 0.05) is 11.6 Å². The Hall–Kier alpha value is -1.55. The van der Waals surface area contributed by atoms with Crippen molar-refractivity contribution < 1.29 is 14.3 Å². The first-order valence-electron chi connectivity index (χ1n) is 5.19. The Bertz CT molecular complexity index is 350. The van der Waals surface area contributed by atoms with Gasteiger partial charge in [0.15, 0.2) is 0 Å². The van der Waals surface area contributed by atoms with E-state index in [4.69, 9.17) is 10.5 Å². The molecule has 0 aliphatic carbocycles. The molecule has 0 saturated heterocycles. The van der Waals surface area contributed by atoms with Gasteiger partial charge in [-0.25, -0.2) is 0 Å². The summed E-state index contributed by atoms with van der Waals surface area (Å²) >= 11 is 0. The van der Waals surface area contributed by atoms with Gasteiger partial charge < -0.3 is 15.2 Å². The van der Waals surface area contributed by atoms with E-state index in [9.17, 15) is 4.79 Å². The summed E-state index contributed by atoms with van der Waals surface area (Å²) in [5.41, 5.74) is 6.74. The van der Waals surface area contributed by atoms with Gasteiger partial charge in [-0.1, -0.05) is 18.2 Å². The topological polar surface area (TPSA) is 61.5 Å². The van der Waals surface area contributed by atoms with Gasteiger partial charge in [0.2, 0.25) is 0 Å². The van der Waals surface area contributed by atoms with Crippen molar-refractivity contribution in [2.45, 2.75) is 19.4 Å². The smallest absolute Gasteiger partial charge is 0.308 e. The monoisotopic (exact) mass is 223 g/mol. The Morgan fingerprint density at radius 1 is 1.44 bits per heavy atom. The van der Waals surface area contributed by atoms with Crippen LogP contribution in [0.5, 0.6) is 5.75 Å². The van der Waals surface area contributed by atoms with Gasteiger partial charge >= 0.3 is 5.97 Å². The van der Waals surface area contributed by atoms with E-state index in [0.717, 1.165) is 11.3 Å². The molecule has 1 rings (SSSR count). The van der Waals surface area contributed by atoms with Gasteiger partial charge in [0.25, 0.3) is 0 Å². The number of esters is 1. The van der Waals surface area contributed by atoms with Crippen molar-refractivity contribution in [2.75, 3.05) is 13.7 Å². The van der Waals surface area contributed by atoms with Crippen molar-refractivity contribution in [1.29, 1.82) is 0 Å². The minimum atomic E-state index is -0.279. The van der Waals surface area contributed by atoms with Crippen LogP contribution in [0.2, 0.25) is 0 Å². The van der Waals surface area contributed by atoms with Crippen LogP contribution in [0, 0.1) is 0 Å². The molecule has 88 valence electrons. The molecule has 0 saturated carbocycles. The predicted octanol–water partition coefficient (Wildman–Crippen LogP) is 1.65.